The van der Waals surface area contributed by atoms with E-state index < -0.39 is 0 Å². The molecule has 3 aromatic rings. The van der Waals surface area contributed by atoms with Crippen molar-refractivity contribution in [1.82, 2.24) is 25.8 Å². The lowest BCUT2D eigenvalue weighted by Crippen LogP contribution is -2.45. The molecular formula is C23H28FN7O. The lowest BCUT2D eigenvalue weighted by atomic mass is 10.1. The van der Waals surface area contributed by atoms with Gasteiger partial charge in [-0.2, -0.15) is 4.98 Å². The van der Waals surface area contributed by atoms with E-state index in [0.717, 1.165) is 43.9 Å². The Morgan fingerprint density at radius 2 is 2.12 bits per heavy atom. The molecule has 0 aliphatic carbocycles. The number of hydrogen-bond donors (Lipinski definition) is 2. The second-order valence-corrected chi connectivity index (χ2v) is 7.70. The molecule has 168 valence electrons. The van der Waals surface area contributed by atoms with Gasteiger partial charge < -0.3 is 20.1 Å². The minimum absolute atomic E-state index is 0.185. The number of guanidine groups is 1. The van der Waals surface area contributed by atoms with E-state index in [-0.39, 0.29) is 11.9 Å². The van der Waals surface area contributed by atoms with Gasteiger partial charge in [-0.25, -0.2) is 9.37 Å². The first kappa shape index (κ1) is 21.7. The number of pyridine rings is 1. The van der Waals surface area contributed by atoms with E-state index in [1.807, 2.05) is 24.0 Å². The molecule has 0 spiro atoms. The highest BCUT2D eigenvalue weighted by Gasteiger charge is 2.25. The number of halogens is 1. The molecule has 0 saturated carbocycles. The van der Waals surface area contributed by atoms with Crippen LogP contribution in [-0.2, 0) is 12.8 Å². The number of benzene rings is 1. The van der Waals surface area contributed by atoms with Crippen molar-refractivity contribution in [2.75, 3.05) is 31.6 Å². The summed E-state index contributed by atoms with van der Waals surface area (Å²) < 4.78 is 19.3. The zero-order chi connectivity index (χ0) is 22.3. The maximum absolute atomic E-state index is 14.0. The summed E-state index contributed by atoms with van der Waals surface area (Å²) in [6.07, 6.45) is 4.12. The highest BCUT2D eigenvalue weighted by atomic mass is 19.1. The van der Waals surface area contributed by atoms with E-state index >= 15 is 0 Å². The van der Waals surface area contributed by atoms with Gasteiger partial charge in [0.2, 0.25) is 0 Å². The highest BCUT2D eigenvalue weighted by Crippen LogP contribution is 2.21. The number of aliphatic imine (C=N–C) groups is 1. The van der Waals surface area contributed by atoms with Crippen molar-refractivity contribution in [3.8, 4) is 11.5 Å². The maximum Gasteiger partial charge on any atom is 0.257 e. The SMILES string of the molecule is CCc1noc(-c2ccc(CCNC(=NC)NC3CCN(c4ncccc4F)C3)cc2)n1. The quantitative estimate of drug-likeness (QED) is 0.434. The molecule has 3 heterocycles. The van der Waals surface area contributed by atoms with Gasteiger partial charge in [-0.1, -0.05) is 24.2 Å². The molecule has 0 bridgehead atoms. The van der Waals surface area contributed by atoms with E-state index in [4.69, 9.17) is 4.52 Å². The van der Waals surface area contributed by atoms with Crippen LogP contribution >= 0.6 is 0 Å². The molecule has 4 rings (SSSR count). The first-order chi connectivity index (χ1) is 15.7. The first-order valence-electron chi connectivity index (χ1n) is 10.9. The van der Waals surface area contributed by atoms with E-state index in [2.05, 4.69) is 42.9 Å². The summed E-state index contributed by atoms with van der Waals surface area (Å²) >= 11 is 0. The smallest absolute Gasteiger partial charge is 0.257 e. The van der Waals surface area contributed by atoms with Crippen LogP contribution in [0.4, 0.5) is 10.2 Å². The monoisotopic (exact) mass is 437 g/mol. The molecule has 0 amide bonds. The lowest BCUT2D eigenvalue weighted by molar-refractivity contribution is 0.423. The molecule has 1 saturated heterocycles. The number of nitrogens with zero attached hydrogens (tertiary/aromatic N) is 5. The Hall–Kier alpha value is -3.49. The topological polar surface area (TPSA) is 91.5 Å². The summed E-state index contributed by atoms with van der Waals surface area (Å²) in [5, 5.41) is 10.7. The molecule has 0 radical (unpaired) electrons. The Morgan fingerprint density at radius 3 is 2.84 bits per heavy atom. The maximum atomic E-state index is 14.0. The van der Waals surface area contributed by atoms with Gasteiger partial charge in [-0.3, -0.25) is 4.99 Å². The Balaban J connectivity index is 1.24. The number of rotatable bonds is 7. The third kappa shape index (κ3) is 5.22. The van der Waals surface area contributed by atoms with Crippen LogP contribution in [0.5, 0.6) is 0 Å². The first-order valence-corrected chi connectivity index (χ1v) is 10.9. The number of nitrogens with one attached hydrogen (secondary N) is 2. The van der Waals surface area contributed by atoms with Crippen LogP contribution in [0.3, 0.4) is 0 Å². The van der Waals surface area contributed by atoms with Crippen LogP contribution in [0, 0.1) is 5.82 Å². The van der Waals surface area contributed by atoms with Gasteiger partial charge in [-0.05, 0) is 42.7 Å². The number of aromatic nitrogens is 3. The van der Waals surface area contributed by atoms with Gasteiger partial charge in [0.1, 0.15) is 0 Å². The Morgan fingerprint density at radius 1 is 1.28 bits per heavy atom. The zero-order valence-corrected chi connectivity index (χ0v) is 18.4. The molecule has 9 heteroatoms. The predicted octanol–water partition coefficient (Wildman–Crippen LogP) is 2.82. The van der Waals surface area contributed by atoms with Crippen molar-refractivity contribution in [2.24, 2.45) is 4.99 Å². The van der Waals surface area contributed by atoms with E-state index in [1.165, 1.54) is 11.6 Å². The van der Waals surface area contributed by atoms with Crippen LogP contribution in [0.2, 0.25) is 0 Å². The summed E-state index contributed by atoms with van der Waals surface area (Å²) in [6.45, 7) is 4.18. The molecule has 1 aliphatic heterocycles. The highest BCUT2D eigenvalue weighted by molar-refractivity contribution is 5.80. The Bertz CT molecular complexity index is 1050. The van der Waals surface area contributed by atoms with Gasteiger partial charge in [0, 0.05) is 50.9 Å². The molecular weight excluding hydrogens is 409 g/mol. The summed E-state index contributed by atoms with van der Waals surface area (Å²) in [5.41, 5.74) is 2.12. The number of hydrogen-bond acceptors (Lipinski definition) is 6. The second kappa shape index (κ2) is 10.2. The van der Waals surface area contributed by atoms with Gasteiger partial charge >= 0.3 is 0 Å². The average molecular weight is 438 g/mol. The van der Waals surface area contributed by atoms with E-state index in [0.29, 0.717) is 24.1 Å². The van der Waals surface area contributed by atoms with Crippen LogP contribution in [0.15, 0.2) is 52.1 Å². The standard InChI is InChI=1S/C23H28FN7O/c1-3-20-29-22(32-30-20)17-8-6-16(7-9-17)10-13-27-23(25-2)28-18-11-14-31(15-18)21-19(24)5-4-12-26-21/h4-9,12,18H,3,10-11,13-15H2,1-2H3,(H2,25,27,28). The fourth-order valence-corrected chi connectivity index (χ4v) is 3.72. The average Bonchev–Trinajstić information content (AvgIpc) is 3.49. The van der Waals surface area contributed by atoms with Crippen LogP contribution < -0.4 is 15.5 Å². The fraction of sp³-hybridized carbons (Fsp3) is 0.391. The second-order valence-electron chi connectivity index (χ2n) is 7.70. The van der Waals surface area contributed by atoms with Gasteiger partial charge in [0.15, 0.2) is 23.4 Å². The van der Waals surface area contributed by atoms with Crippen molar-refractivity contribution in [1.29, 1.82) is 0 Å². The zero-order valence-electron chi connectivity index (χ0n) is 18.4. The lowest BCUT2D eigenvalue weighted by Gasteiger charge is -2.20. The fourth-order valence-electron chi connectivity index (χ4n) is 3.72. The third-order valence-electron chi connectivity index (χ3n) is 5.48. The molecule has 32 heavy (non-hydrogen) atoms. The third-order valence-corrected chi connectivity index (χ3v) is 5.48. The predicted molar refractivity (Wildman–Crippen MR) is 122 cm³/mol. The molecule has 8 nitrogen and oxygen atoms in total. The van der Waals surface area contributed by atoms with E-state index in [9.17, 15) is 4.39 Å². The van der Waals surface area contributed by atoms with Gasteiger partial charge in [0.05, 0.1) is 0 Å². The number of anilines is 1. The molecule has 2 aromatic heterocycles. The van der Waals surface area contributed by atoms with Crippen molar-refractivity contribution >= 4 is 11.8 Å². The Labute approximate surface area is 187 Å². The van der Waals surface area contributed by atoms with Crippen LogP contribution in [-0.4, -0.2) is 53.8 Å². The van der Waals surface area contributed by atoms with Crippen molar-refractivity contribution in [2.45, 2.75) is 32.2 Å². The minimum atomic E-state index is -0.286. The largest absolute Gasteiger partial charge is 0.356 e. The molecule has 1 atom stereocenters. The van der Waals surface area contributed by atoms with Crippen molar-refractivity contribution < 1.29 is 8.91 Å². The van der Waals surface area contributed by atoms with Gasteiger partial charge in [0.25, 0.3) is 5.89 Å². The normalized spacial score (nSPS) is 16.4. The van der Waals surface area contributed by atoms with Crippen LogP contribution in [0.1, 0.15) is 24.7 Å². The van der Waals surface area contributed by atoms with Gasteiger partial charge in [-0.15, -0.1) is 0 Å². The van der Waals surface area contributed by atoms with Crippen molar-refractivity contribution in [3.63, 3.8) is 0 Å². The molecule has 1 unspecified atom stereocenters. The molecule has 1 fully saturated rings. The summed E-state index contributed by atoms with van der Waals surface area (Å²) in [5.74, 6) is 2.13. The summed E-state index contributed by atoms with van der Waals surface area (Å²) in [7, 11) is 1.75. The molecule has 1 aliphatic rings. The van der Waals surface area contributed by atoms with E-state index in [1.54, 1.807) is 19.3 Å². The number of aryl methyl sites for hydroxylation is 1. The molecule has 2 N–H and O–H groups in total. The Kier molecular flexibility index (Phi) is 6.94. The minimum Gasteiger partial charge on any atom is -0.356 e. The van der Waals surface area contributed by atoms with Crippen LogP contribution in [0.25, 0.3) is 11.5 Å². The summed E-state index contributed by atoms with van der Waals surface area (Å²) in [4.78, 5) is 14.8. The summed E-state index contributed by atoms with van der Waals surface area (Å²) in [6, 6.07) is 11.4. The van der Waals surface area contributed by atoms with Crippen molar-refractivity contribution in [3.05, 3.63) is 59.8 Å². The molecule has 1 aromatic carbocycles.